The van der Waals surface area contributed by atoms with Gasteiger partial charge in [0.2, 0.25) is 6.54 Å². The van der Waals surface area contributed by atoms with Gasteiger partial charge in [-0.15, -0.1) is 0 Å². The molecule has 0 fully saturated rings. The second-order valence-electron chi connectivity index (χ2n) is 3.87. The fraction of sp³-hybridized carbons (Fsp3) is 0.733. The number of nitrogens with zero attached hydrogens (tertiary/aromatic N) is 2. The third-order valence-electron chi connectivity index (χ3n) is 1.82. The highest BCUT2D eigenvalue weighted by atomic mass is 16.3. The lowest BCUT2D eigenvalue weighted by molar-refractivity contribution is -0.119. The van der Waals surface area contributed by atoms with Crippen LogP contribution in [0.4, 0.5) is 0 Å². The molecule has 2 N–H and O–H groups in total. The standard InChI is InChI=1S/C6H9NO2.C6H12O2.CHN.2CH4.2H2/c1-5(8)3-6(9)4-7-2;1-3-6(8)4-5(2)7;1-2;;;;/h6,9H,3-4H2,1H3;6,8H,3-4H2,1-2H3;1H;2*1H4;2*1H/i;;;;;1+1;. The monoisotopic (exact) mass is 307 g/mol. The molecule has 2 unspecified atom stereocenters. The van der Waals surface area contributed by atoms with Gasteiger partial charge in [0, 0.05) is 22.3 Å². The highest BCUT2D eigenvalue weighted by molar-refractivity contribution is 5.76. The molecule has 0 bridgehead atoms. The summed E-state index contributed by atoms with van der Waals surface area (Å²) >= 11 is 0. The molecule has 128 valence electrons. The van der Waals surface area contributed by atoms with Gasteiger partial charge >= 0.3 is 0 Å². The van der Waals surface area contributed by atoms with E-state index in [-0.39, 0.29) is 42.2 Å². The van der Waals surface area contributed by atoms with Gasteiger partial charge in [0.15, 0.2) is 0 Å². The van der Waals surface area contributed by atoms with Gasteiger partial charge in [0.1, 0.15) is 17.7 Å². The molecule has 2 atom stereocenters. The quantitative estimate of drug-likeness (QED) is 0.734. The fourth-order valence-corrected chi connectivity index (χ4v) is 0.978. The molecule has 0 aliphatic heterocycles. The van der Waals surface area contributed by atoms with Gasteiger partial charge in [-0.1, -0.05) is 21.8 Å². The molecule has 6 nitrogen and oxygen atoms in total. The number of aliphatic hydroxyl groups is 2. The van der Waals surface area contributed by atoms with Crippen LogP contribution in [0.25, 0.3) is 4.85 Å². The largest absolute Gasteiger partial charge is 0.393 e. The number of carbonyl (C=O) groups is 2. The summed E-state index contributed by atoms with van der Waals surface area (Å²) in [5.41, 5.74) is 0. The van der Waals surface area contributed by atoms with Crippen LogP contribution in [0, 0.1) is 18.4 Å². The van der Waals surface area contributed by atoms with Gasteiger partial charge in [-0.3, -0.25) is 9.59 Å². The van der Waals surface area contributed by atoms with Crippen molar-refractivity contribution >= 4 is 11.6 Å². The lowest BCUT2D eigenvalue weighted by Gasteiger charge is -2.01. The predicted octanol–water partition coefficient (Wildman–Crippen LogP) is 2.89. The second kappa shape index (κ2) is 23.3. The number of rotatable bonds is 6. The minimum atomic E-state index is -0.764. The summed E-state index contributed by atoms with van der Waals surface area (Å²) in [6.45, 7) is 14.6. The van der Waals surface area contributed by atoms with Crippen molar-refractivity contribution in [3.05, 3.63) is 11.4 Å². The molecule has 21 heavy (non-hydrogen) atoms. The molecule has 6 heteroatoms. The Kier molecular flexibility index (Phi) is 35.1. The molecule has 0 rings (SSSR count). The normalized spacial score (nSPS) is 10.4. The van der Waals surface area contributed by atoms with E-state index in [4.69, 9.17) is 22.0 Å². The van der Waals surface area contributed by atoms with Crippen molar-refractivity contribution in [1.82, 2.24) is 0 Å². The molecule has 0 amide bonds. The van der Waals surface area contributed by atoms with E-state index in [1.54, 1.807) is 0 Å². The summed E-state index contributed by atoms with van der Waals surface area (Å²) in [4.78, 5) is 23.5. The topological polar surface area (TPSA) is 103 Å². The Morgan fingerprint density at radius 2 is 1.52 bits per heavy atom. The van der Waals surface area contributed by atoms with Crippen LogP contribution in [0.5, 0.6) is 0 Å². The van der Waals surface area contributed by atoms with E-state index in [1.807, 2.05) is 6.92 Å². The molecule has 0 aromatic rings. The smallest absolute Gasteiger partial charge is 0.240 e. The Balaban J connectivity index is -0.0000000347. The second-order valence-corrected chi connectivity index (χ2v) is 3.87. The Morgan fingerprint density at radius 3 is 1.71 bits per heavy atom. The highest BCUT2D eigenvalue weighted by Gasteiger charge is 2.08. The Hall–Kier alpha value is -1.76. The first kappa shape index (κ1) is 31.6. The fourth-order valence-electron chi connectivity index (χ4n) is 0.978. The maximum Gasteiger partial charge on any atom is 0.240 e. The van der Waals surface area contributed by atoms with Crippen molar-refractivity contribution < 1.29 is 22.7 Å². The molecular weight excluding hydrogens is 272 g/mol. The molecule has 0 heterocycles. The van der Waals surface area contributed by atoms with Gasteiger partial charge in [-0.25, -0.2) is 11.8 Å². The van der Waals surface area contributed by atoms with Crippen LogP contribution >= 0.6 is 0 Å². The van der Waals surface area contributed by atoms with Gasteiger partial charge in [-0.2, -0.15) is 0 Å². The van der Waals surface area contributed by atoms with Gasteiger partial charge in [-0.05, 0) is 20.3 Å². The maximum absolute atomic E-state index is 10.3. The minimum Gasteiger partial charge on any atom is -0.393 e. The molecule has 0 aromatic heterocycles. The van der Waals surface area contributed by atoms with E-state index in [0.717, 1.165) is 0 Å². The number of ketones is 2. The van der Waals surface area contributed by atoms with Gasteiger partial charge < -0.3 is 15.1 Å². The molecular formula is C15H34N2O4. The van der Waals surface area contributed by atoms with Crippen LogP contribution in [0.3, 0.4) is 0 Å². The highest BCUT2D eigenvalue weighted by Crippen LogP contribution is 1.95. The summed E-state index contributed by atoms with van der Waals surface area (Å²) in [5, 5.41) is 24.1. The summed E-state index contributed by atoms with van der Waals surface area (Å²) in [7, 11) is 0. The number of aliphatic hydroxyl groups excluding tert-OH is 2. The first-order valence-corrected chi connectivity index (χ1v) is 5.77. The number of hydrogen-bond acceptors (Lipinski definition) is 5. The molecule has 0 aliphatic rings. The molecule has 0 aromatic carbocycles. The summed E-state index contributed by atoms with van der Waals surface area (Å²) in [6, 6.07) is 0. The van der Waals surface area contributed by atoms with Crippen LogP contribution in [-0.4, -0.2) is 40.5 Å². The van der Waals surface area contributed by atoms with Crippen LogP contribution in [0.2, 0.25) is 0 Å². The van der Waals surface area contributed by atoms with Crippen molar-refractivity contribution in [3.8, 4) is 6.57 Å². The van der Waals surface area contributed by atoms with E-state index < -0.39 is 12.2 Å². The zero-order valence-corrected chi connectivity index (χ0v) is 11.7. The third-order valence-corrected chi connectivity index (χ3v) is 1.82. The van der Waals surface area contributed by atoms with Gasteiger partial charge in [0.25, 0.3) is 0 Å². The molecule has 0 spiro atoms. The lowest BCUT2D eigenvalue weighted by Crippen LogP contribution is -2.13. The number of hydrogen-bond donors (Lipinski definition) is 2. The van der Waals surface area contributed by atoms with Crippen LogP contribution in [0.15, 0.2) is 0 Å². The number of nitriles is 1. The lowest BCUT2D eigenvalue weighted by atomic mass is 10.1. The first-order chi connectivity index (χ1) is 8.83. The average Bonchev–Trinajstić information content (AvgIpc) is 2.30. The maximum atomic E-state index is 10.3. The van der Waals surface area contributed by atoms with Crippen molar-refractivity contribution in [2.45, 2.75) is 67.1 Å². The molecule has 0 saturated heterocycles. The first-order valence-electron chi connectivity index (χ1n) is 5.77. The van der Waals surface area contributed by atoms with E-state index >= 15 is 0 Å². The average molecular weight is 307 g/mol. The summed E-state index contributed by atoms with van der Waals surface area (Å²) < 4.78 is 0. The van der Waals surface area contributed by atoms with Crippen LogP contribution < -0.4 is 0 Å². The van der Waals surface area contributed by atoms with Crippen molar-refractivity contribution in [2.24, 2.45) is 0 Å². The van der Waals surface area contributed by atoms with Gasteiger partial charge in [0.05, 0.1) is 6.10 Å². The molecule has 0 radical (unpaired) electrons. The Morgan fingerprint density at radius 1 is 1.19 bits per heavy atom. The zero-order valence-electron chi connectivity index (χ0n) is 11.7. The Labute approximate surface area is 132 Å². The Bertz CT molecular complexity index is 318. The third kappa shape index (κ3) is 38.1. The zero-order chi connectivity index (χ0) is 15.8. The summed E-state index contributed by atoms with van der Waals surface area (Å²) in [5.74, 6) is -0.0227. The van der Waals surface area contributed by atoms with E-state index in [2.05, 4.69) is 11.4 Å². The molecule has 0 aliphatic carbocycles. The molecule has 0 saturated carbocycles. The van der Waals surface area contributed by atoms with E-state index in [1.165, 1.54) is 13.8 Å². The van der Waals surface area contributed by atoms with Crippen LogP contribution in [-0.2, 0) is 9.59 Å². The van der Waals surface area contributed by atoms with Crippen molar-refractivity contribution in [2.75, 3.05) is 6.54 Å². The predicted molar refractivity (Wildman–Crippen MR) is 88.7 cm³/mol. The van der Waals surface area contributed by atoms with E-state index in [0.29, 0.717) is 12.8 Å². The minimum absolute atomic E-state index is 0. The summed E-state index contributed by atoms with van der Waals surface area (Å²) in [6.07, 6.45) is -0.120. The number of carbonyl (C=O) groups excluding carboxylic acids is 2. The number of Topliss-reactive ketones (excluding diaryl/α,β-unsaturated/α-hetero) is 2. The SMILES string of the molecule is C.C.C#N.CCC(O)CC(C)=O.[2HH].[C-]#[N+]CC(O)CC(C)=O.[HH]. The van der Waals surface area contributed by atoms with Crippen LogP contribution in [0.1, 0.15) is 57.7 Å². The van der Waals surface area contributed by atoms with Crippen molar-refractivity contribution in [3.63, 3.8) is 0 Å². The van der Waals surface area contributed by atoms with E-state index in [9.17, 15) is 9.59 Å². The van der Waals surface area contributed by atoms with Crippen molar-refractivity contribution in [1.29, 1.82) is 5.26 Å².